The third-order valence-corrected chi connectivity index (χ3v) is 2.75. The molecule has 2 nitrogen and oxygen atoms in total. The van der Waals surface area contributed by atoms with Gasteiger partial charge >= 0.3 is 0 Å². The summed E-state index contributed by atoms with van der Waals surface area (Å²) in [6.45, 7) is 6.31. The average Bonchev–Trinajstić information content (AvgIpc) is 2.43. The van der Waals surface area contributed by atoms with Crippen molar-refractivity contribution in [1.29, 1.82) is 0 Å². The number of aryl methyl sites for hydroxylation is 3. The van der Waals surface area contributed by atoms with Crippen molar-refractivity contribution in [2.24, 2.45) is 0 Å². The van der Waals surface area contributed by atoms with Crippen molar-refractivity contribution in [3.05, 3.63) is 29.0 Å². The van der Waals surface area contributed by atoms with Gasteiger partial charge in [-0.2, -0.15) is 0 Å². The van der Waals surface area contributed by atoms with Gasteiger partial charge < -0.3 is 9.72 Å². The second-order valence-electron chi connectivity index (χ2n) is 3.76. The van der Waals surface area contributed by atoms with Gasteiger partial charge in [-0.15, -0.1) is 0 Å². The van der Waals surface area contributed by atoms with Gasteiger partial charge in [-0.05, 0) is 44.0 Å². The molecule has 0 aliphatic heterocycles. The minimum atomic E-state index is 0.927. The molecule has 0 aliphatic rings. The molecule has 74 valence electrons. The Balaban J connectivity index is 2.87. The first kappa shape index (κ1) is 9.13. The molecule has 1 aromatic heterocycles. The van der Waals surface area contributed by atoms with E-state index in [1.165, 1.54) is 22.2 Å². The Morgan fingerprint density at radius 2 is 1.86 bits per heavy atom. The zero-order valence-electron chi connectivity index (χ0n) is 9.06. The Hall–Kier alpha value is -1.44. The minimum Gasteiger partial charge on any atom is -0.495 e. The van der Waals surface area contributed by atoms with Gasteiger partial charge in [0.05, 0.1) is 12.6 Å². The number of benzene rings is 1. The third-order valence-electron chi connectivity index (χ3n) is 2.75. The van der Waals surface area contributed by atoms with Crippen LogP contribution in [0.1, 0.15) is 16.8 Å². The van der Waals surface area contributed by atoms with E-state index < -0.39 is 0 Å². The molecule has 0 atom stereocenters. The van der Waals surface area contributed by atoms with Crippen LogP contribution in [0.3, 0.4) is 0 Å². The molecule has 0 aliphatic carbocycles. The summed E-state index contributed by atoms with van der Waals surface area (Å²) in [4.78, 5) is 3.35. The molecule has 0 radical (unpaired) electrons. The largest absolute Gasteiger partial charge is 0.495 e. The molecule has 0 fully saturated rings. The lowest BCUT2D eigenvalue weighted by atomic mass is 10.1. The fourth-order valence-corrected chi connectivity index (χ4v) is 1.82. The molecule has 2 aromatic rings. The quantitative estimate of drug-likeness (QED) is 0.732. The molecular formula is C12H15NO. The molecule has 1 heterocycles. The summed E-state index contributed by atoms with van der Waals surface area (Å²) in [6.07, 6.45) is 0. The summed E-state index contributed by atoms with van der Waals surface area (Å²) < 4.78 is 5.35. The van der Waals surface area contributed by atoms with E-state index in [0.717, 1.165) is 11.3 Å². The van der Waals surface area contributed by atoms with Gasteiger partial charge in [0.25, 0.3) is 0 Å². The molecule has 0 spiro atoms. The predicted molar refractivity (Wildman–Crippen MR) is 59.1 cm³/mol. The molecule has 1 N–H and O–H groups in total. The molecule has 0 amide bonds. The lowest BCUT2D eigenvalue weighted by Gasteiger charge is -2.03. The standard InChI is InChI=1S/C12H15NO/c1-7-5-10-8(2)9(3)13-12(10)11(6-7)14-4/h5-6,13H,1-4H3. The van der Waals surface area contributed by atoms with E-state index in [1.54, 1.807) is 7.11 Å². The summed E-state index contributed by atoms with van der Waals surface area (Å²) in [7, 11) is 1.71. The van der Waals surface area contributed by atoms with Crippen molar-refractivity contribution in [3.63, 3.8) is 0 Å². The summed E-state index contributed by atoms with van der Waals surface area (Å²) in [5.41, 5.74) is 4.86. The van der Waals surface area contributed by atoms with Crippen molar-refractivity contribution in [2.75, 3.05) is 7.11 Å². The normalized spacial score (nSPS) is 10.9. The number of fused-ring (bicyclic) bond motifs is 1. The fraction of sp³-hybridized carbons (Fsp3) is 0.333. The van der Waals surface area contributed by atoms with E-state index in [9.17, 15) is 0 Å². The van der Waals surface area contributed by atoms with E-state index in [-0.39, 0.29) is 0 Å². The van der Waals surface area contributed by atoms with E-state index in [1.807, 2.05) is 0 Å². The van der Waals surface area contributed by atoms with Gasteiger partial charge in [0.1, 0.15) is 5.75 Å². The van der Waals surface area contributed by atoms with Gasteiger partial charge in [0.2, 0.25) is 0 Å². The van der Waals surface area contributed by atoms with Crippen LogP contribution < -0.4 is 4.74 Å². The topological polar surface area (TPSA) is 25.0 Å². The second kappa shape index (κ2) is 3.05. The highest BCUT2D eigenvalue weighted by molar-refractivity contribution is 5.90. The molecule has 0 unspecified atom stereocenters. The molecule has 0 bridgehead atoms. The molecule has 2 heteroatoms. The van der Waals surface area contributed by atoms with Gasteiger partial charge in [-0.3, -0.25) is 0 Å². The smallest absolute Gasteiger partial charge is 0.143 e. The SMILES string of the molecule is COc1cc(C)cc2c(C)c(C)[nH]c12. The summed E-state index contributed by atoms with van der Waals surface area (Å²) in [5.74, 6) is 0.927. The minimum absolute atomic E-state index is 0.927. The van der Waals surface area contributed by atoms with Crippen LogP contribution in [-0.4, -0.2) is 12.1 Å². The van der Waals surface area contributed by atoms with Gasteiger partial charge in [-0.1, -0.05) is 0 Å². The van der Waals surface area contributed by atoms with E-state index in [0.29, 0.717) is 0 Å². The van der Waals surface area contributed by atoms with Gasteiger partial charge in [0, 0.05) is 11.1 Å². The highest BCUT2D eigenvalue weighted by atomic mass is 16.5. The van der Waals surface area contributed by atoms with Crippen LogP contribution in [0.15, 0.2) is 12.1 Å². The number of nitrogens with one attached hydrogen (secondary N) is 1. The maximum absolute atomic E-state index is 5.35. The first-order valence-electron chi connectivity index (χ1n) is 4.77. The number of H-pyrrole nitrogens is 1. The zero-order valence-corrected chi connectivity index (χ0v) is 9.06. The molecule has 14 heavy (non-hydrogen) atoms. The maximum atomic E-state index is 5.35. The Bertz CT molecular complexity index is 483. The predicted octanol–water partition coefficient (Wildman–Crippen LogP) is 3.10. The van der Waals surface area contributed by atoms with Gasteiger partial charge in [0.15, 0.2) is 0 Å². The Morgan fingerprint density at radius 1 is 1.14 bits per heavy atom. The van der Waals surface area contributed by atoms with Crippen LogP contribution in [0.25, 0.3) is 10.9 Å². The molecular weight excluding hydrogens is 174 g/mol. The van der Waals surface area contributed by atoms with Crippen molar-refractivity contribution >= 4 is 10.9 Å². The Morgan fingerprint density at radius 3 is 2.50 bits per heavy atom. The van der Waals surface area contributed by atoms with Crippen molar-refractivity contribution in [1.82, 2.24) is 4.98 Å². The summed E-state index contributed by atoms with van der Waals surface area (Å²) in [5, 5.41) is 1.26. The van der Waals surface area contributed by atoms with Crippen LogP contribution in [0.2, 0.25) is 0 Å². The molecule has 1 aromatic carbocycles. The second-order valence-corrected chi connectivity index (χ2v) is 3.76. The summed E-state index contributed by atoms with van der Waals surface area (Å²) >= 11 is 0. The molecule has 0 saturated heterocycles. The number of methoxy groups -OCH3 is 1. The fourth-order valence-electron chi connectivity index (χ4n) is 1.82. The number of rotatable bonds is 1. The Labute approximate surface area is 83.9 Å². The van der Waals surface area contributed by atoms with Gasteiger partial charge in [-0.25, -0.2) is 0 Å². The molecule has 0 saturated carbocycles. The monoisotopic (exact) mass is 189 g/mol. The number of hydrogen-bond acceptors (Lipinski definition) is 1. The highest BCUT2D eigenvalue weighted by Crippen LogP contribution is 2.30. The number of hydrogen-bond donors (Lipinski definition) is 1. The maximum Gasteiger partial charge on any atom is 0.143 e. The third kappa shape index (κ3) is 1.18. The van der Waals surface area contributed by atoms with Crippen LogP contribution in [-0.2, 0) is 0 Å². The van der Waals surface area contributed by atoms with Crippen LogP contribution in [0, 0.1) is 20.8 Å². The number of ether oxygens (including phenoxy) is 1. The lowest BCUT2D eigenvalue weighted by molar-refractivity contribution is 0.418. The van der Waals surface area contributed by atoms with Crippen molar-refractivity contribution in [2.45, 2.75) is 20.8 Å². The lowest BCUT2D eigenvalue weighted by Crippen LogP contribution is -1.85. The summed E-state index contributed by atoms with van der Waals surface area (Å²) in [6, 6.07) is 4.24. The van der Waals surface area contributed by atoms with Crippen molar-refractivity contribution in [3.8, 4) is 5.75 Å². The van der Waals surface area contributed by atoms with E-state index >= 15 is 0 Å². The average molecular weight is 189 g/mol. The number of aromatic amines is 1. The van der Waals surface area contributed by atoms with E-state index in [2.05, 4.69) is 37.9 Å². The highest BCUT2D eigenvalue weighted by Gasteiger charge is 2.09. The van der Waals surface area contributed by atoms with Crippen LogP contribution >= 0.6 is 0 Å². The van der Waals surface area contributed by atoms with Crippen LogP contribution in [0.5, 0.6) is 5.75 Å². The first-order valence-corrected chi connectivity index (χ1v) is 4.77. The first-order chi connectivity index (χ1) is 6.63. The van der Waals surface area contributed by atoms with Crippen LogP contribution in [0.4, 0.5) is 0 Å². The molecule has 2 rings (SSSR count). The zero-order chi connectivity index (χ0) is 10.3. The van der Waals surface area contributed by atoms with E-state index in [4.69, 9.17) is 4.74 Å². The Kier molecular flexibility index (Phi) is 1.99. The number of aromatic nitrogens is 1. The van der Waals surface area contributed by atoms with Crippen molar-refractivity contribution < 1.29 is 4.74 Å².